The Morgan fingerprint density at radius 3 is 2.77 bits per heavy atom. The van der Waals surface area contributed by atoms with Gasteiger partial charge in [-0.05, 0) is 43.1 Å². The Kier molecular flexibility index (Phi) is 3.21. The molecule has 1 aromatic carbocycles. The van der Waals surface area contributed by atoms with Crippen LogP contribution in [-0.4, -0.2) is 22.6 Å². The van der Waals surface area contributed by atoms with Gasteiger partial charge >= 0.3 is 0 Å². The van der Waals surface area contributed by atoms with Crippen LogP contribution in [0.1, 0.15) is 36.2 Å². The molecule has 3 atom stereocenters. The minimum atomic E-state index is -0.264. The van der Waals surface area contributed by atoms with Gasteiger partial charge in [-0.15, -0.1) is 0 Å². The Morgan fingerprint density at radius 1 is 1.23 bits per heavy atom. The summed E-state index contributed by atoms with van der Waals surface area (Å²) >= 11 is 0. The van der Waals surface area contributed by atoms with Crippen molar-refractivity contribution in [3.8, 4) is 0 Å². The average Bonchev–Trinajstić information content (AvgIpc) is 3.16. The Bertz CT molecular complexity index is 783. The van der Waals surface area contributed by atoms with Crippen LogP contribution in [0.5, 0.6) is 0 Å². The lowest BCUT2D eigenvalue weighted by Gasteiger charge is -2.21. The van der Waals surface area contributed by atoms with Gasteiger partial charge in [0.05, 0.1) is 5.39 Å². The van der Waals surface area contributed by atoms with Crippen LogP contribution in [0.4, 0.5) is 0 Å². The summed E-state index contributed by atoms with van der Waals surface area (Å²) in [4.78, 5) is 24.2. The molecule has 2 saturated carbocycles. The van der Waals surface area contributed by atoms with Crippen LogP contribution in [0.2, 0.25) is 0 Å². The Morgan fingerprint density at radius 2 is 2.05 bits per heavy atom. The van der Waals surface area contributed by atoms with Crippen LogP contribution in [0.25, 0.3) is 10.8 Å². The molecule has 4 rings (SSSR count). The quantitative estimate of drug-likeness (QED) is 0.911. The molecule has 2 N–H and O–H groups in total. The van der Waals surface area contributed by atoms with Gasteiger partial charge < -0.3 is 5.32 Å². The average molecular weight is 297 g/mol. The van der Waals surface area contributed by atoms with Crippen molar-refractivity contribution in [1.82, 2.24) is 15.5 Å². The number of hydrogen-bond acceptors (Lipinski definition) is 3. The van der Waals surface area contributed by atoms with Gasteiger partial charge in [0, 0.05) is 11.9 Å². The first kappa shape index (κ1) is 13.5. The topological polar surface area (TPSA) is 74.8 Å². The highest BCUT2D eigenvalue weighted by atomic mass is 16.2. The number of benzene rings is 1. The van der Waals surface area contributed by atoms with E-state index >= 15 is 0 Å². The van der Waals surface area contributed by atoms with E-state index < -0.39 is 0 Å². The molecule has 2 fully saturated rings. The molecule has 1 heterocycles. The first-order valence-electron chi connectivity index (χ1n) is 7.98. The first-order chi connectivity index (χ1) is 10.7. The highest BCUT2D eigenvalue weighted by molar-refractivity contribution is 6.04. The van der Waals surface area contributed by atoms with E-state index in [0.29, 0.717) is 22.4 Å². The van der Waals surface area contributed by atoms with Crippen molar-refractivity contribution in [1.29, 1.82) is 0 Å². The normalized spacial score (nSPS) is 26.5. The van der Waals surface area contributed by atoms with Crippen LogP contribution in [0.15, 0.2) is 29.1 Å². The summed E-state index contributed by atoms with van der Waals surface area (Å²) in [6.45, 7) is 0.717. The number of aromatic nitrogens is 2. The molecular weight excluding hydrogens is 278 g/mol. The molecule has 0 unspecified atom stereocenters. The summed E-state index contributed by atoms with van der Waals surface area (Å²) in [7, 11) is 0. The number of fused-ring (bicyclic) bond motifs is 3. The highest BCUT2D eigenvalue weighted by Crippen LogP contribution is 2.47. The fourth-order valence-corrected chi connectivity index (χ4v) is 4.22. The molecule has 0 saturated heterocycles. The molecule has 2 aromatic rings. The summed E-state index contributed by atoms with van der Waals surface area (Å²) < 4.78 is 0. The second-order valence-corrected chi connectivity index (χ2v) is 6.59. The van der Waals surface area contributed by atoms with Crippen LogP contribution >= 0.6 is 0 Å². The van der Waals surface area contributed by atoms with Crippen LogP contribution < -0.4 is 10.9 Å². The summed E-state index contributed by atoms with van der Waals surface area (Å²) in [5.74, 6) is 2.07. The number of hydrogen-bond donors (Lipinski definition) is 2. The van der Waals surface area contributed by atoms with E-state index in [1.165, 1.54) is 25.7 Å². The molecule has 0 spiro atoms. The van der Waals surface area contributed by atoms with E-state index in [2.05, 4.69) is 15.5 Å². The molecular formula is C17H19N3O2. The van der Waals surface area contributed by atoms with Crippen LogP contribution in [-0.2, 0) is 0 Å². The van der Waals surface area contributed by atoms with E-state index in [4.69, 9.17) is 0 Å². The standard InChI is InChI=1S/C17H19N3O2/c21-16-14-4-2-1-3-13(14)15(19-20-16)17(22)18-9-12-8-10-5-6-11(12)7-10/h1-4,10-12H,5-9H2,(H,18,22)(H,20,21)/t10-,11-,12-/m1/s1. The third-order valence-corrected chi connectivity index (χ3v) is 5.32. The number of nitrogens with one attached hydrogen (secondary N) is 2. The SMILES string of the molecule is O=C(NC[C@H]1C[C@@H]2CC[C@@H]1C2)c1n[nH]c(=O)c2ccccc12. The Balaban J connectivity index is 1.53. The lowest BCUT2D eigenvalue weighted by molar-refractivity contribution is 0.0937. The molecule has 5 heteroatoms. The van der Waals surface area contributed by atoms with Crippen molar-refractivity contribution >= 4 is 16.7 Å². The van der Waals surface area contributed by atoms with Crippen molar-refractivity contribution in [2.75, 3.05) is 6.54 Å². The molecule has 5 nitrogen and oxygen atoms in total. The second-order valence-electron chi connectivity index (χ2n) is 6.59. The smallest absolute Gasteiger partial charge is 0.272 e. The van der Waals surface area contributed by atoms with Gasteiger partial charge in [-0.25, -0.2) is 5.10 Å². The van der Waals surface area contributed by atoms with Gasteiger partial charge in [-0.3, -0.25) is 9.59 Å². The van der Waals surface area contributed by atoms with Gasteiger partial charge in [-0.1, -0.05) is 24.6 Å². The number of carbonyl (C=O) groups is 1. The highest BCUT2D eigenvalue weighted by Gasteiger charge is 2.39. The summed E-state index contributed by atoms with van der Waals surface area (Å²) in [5, 5.41) is 10.5. The van der Waals surface area contributed by atoms with Crippen molar-refractivity contribution in [3.05, 3.63) is 40.3 Å². The van der Waals surface area contributed by atoms with E-state index in [0.717, 1.165) is 18.4 Å². The number of aromatic amines is 1. The number of rotatable bonds is 3. The van der Waals surface area contributed by atoms with Crippen LogP contribution in [0.3, 0.4) is 0 Å². The number of H-pyrrole nitrogens is 1. The first-order valence-corrected chi connectivity index (χ1v) is 7.98. The largest absolute Gasteiger partial charge is 0.350 e. The number of amides is 1. The van der Waals surface area contributed by atoms with E-state index in [-0.39, 0.29) is 11.5 Å². The van der Waals surface area contributed by atoms with Gasteiger partial charge in [0.2, 0.25) is 0 Å². The number of carbonyl (C=O) groups excluding carboxylic acids is 1. The van der Waals surface area contributed by atoms with E-state index in [1.54, 1.807) is 18.2 Å². The maximum absolute atomic E-state index is 12.4. The van der Waals surface area contributed by atoms with Crippen molar-refractivity contribution in [3.63, 3.8) is 0 Å². The van der Waals surface area contributed by atoms with Gasteiger partial charge in [0.1, 0.15) is 0 Å². The Hall–Kier alpha value is -2.17. The predicted molar refractivity (Wildman–Crippen MR) is 83.6 cm³/mol. The van der Waals surface area contributed by atoms with Crippen molar-refractivity contribution < 1.29 is 4.79 Å². The van der Waals surface area contributed by atoms with Crippen molar-refractivity contribution in [2.24, 2.45) is 17.8 Å². The predicted octanol–water partition coefficient (Wildman–Crippen LogP) is 2.09. The molecule has 0 radical (unpaired) electrons. The fraction of sp³-hybridized carbons (Fsp3) is 0.471. The number of nitrogens with zero attached hydrogens (tertiary/aromatic N) is 1. The molecule has 0 aliphatic heterocycles. The Labute approximate surface area is 128 Å². The molecule has 2 bridgehead atoms. The van der Waals surface area contributed by atoms with E-state index in [9.17, 15) is 9.59 Å². The minimum Gasteiger partial charge on any atom is -0.350 e. The monoisotopic (exact) mass is 297 g/mol. The molecule has 2 aliphatic carbocycles. The zero-order chi connectivity index (χ0) is 15.1. The van der Waals surface area contributed by atoms with Crippen molar-refractivity contribution in [2.45, 2.75) is 25.7 Å². The second kappa shape index (κ2) is 5.23. The maximum Gasteiger partial charge on any atom is 0.272 e. The zero-order valence-electron chi connectivity index (χ0n) is 12.3. The zero-order valence-corrected chi connectivity index (χ0v) is 12.3. The molecule has 1 amide bonds. The third kappa shape index (κ3) is 2.21. The molecule has 2 aliphatic rings. The van der Waals surface area contributed by atoms with Gasteiger partial charge in [-0.2, -0.15) is 5.10 Å². The fourth-order valence-electron chi connectivity index (χ4n) is 4.22. The molecule has 1 aromatic heterocycles. The minimum absolute atomic E-state index is 0.199. The maximum atomic E-state index is 12.4. The third-order valence-electron chi connectivity index (χ3n) is 5.32. The summed E-state index contributed by atoms with van der Waals surface area (Å²) in [6.07, 6.45) is 5.25. The van der Waals surface area contributed by atoms with Crippen LogP contribution in [0, 0.1) is 17.8 Å². The van der Waals surface area contributed by atoms with Gasteiger partial charge in [0.25, 0.3) is 11.5 Å². The lowest BCUT2D eigenvalue weighted by Crippen LogP contribution is -2.32. The summed E-state index contributed by atoms with van der Waals surface area (Å²) in [6, 6.07) is 7.08. The molecule has 114 valence electrons. The lowest BCUT2D eigenvalue weighted by atomic mass is 9.89. The van der Waals surface area contributed by atoms with Gasteiger partial charge in [0.15, 0.2) is 5.69 Å². The van der Waals surface area contributed by atoms with E-state index in [1.807, 2.05) is 6.07 Å². The molecule has 22 heavy (non-hydrogen) atoms. The summed E-state index contributed by atoms with van der Waals surface area (Å²) in [5.41, 5.74) is 0.0404.